The first-order valence-corrected chi connectivity index (χ1v) is 5.07. The Morgan fingerprint density at radius 1 is 0.643 bits per heavy atom. The molecule has 0 unspecified atom stereocenters. The van der Waals surface area contributed by atoms with E-state index < -0.39 is 0 Å². The first kappa shape index (κ1) is 7.81. The van der Waals surface area contributed by atoms with Gasteiger partial charge in [-0.1, -0.05) is 60.8 Å². The van der Waals surface area contributed by atoms with E-state index in [1.165, 1.54) is 11.1 Å². The summed E-state index contributed by atoms with van der Waals surface area (Å²) < 4.78 is 0. The van der Waals surface area contributed by atoms with E-state index in [0.717, 1.165) is 0 Å². The first-order chi connectivity index (χ1) is 6.95. The maximum absolute atomic E-state index is 2.30. The fraction of sp³-hybridized carbons (Fsp3) is 0.143. The van der Waals surface area contributed by atoms with Crippen molar-refractivity contribution < 1.29 is 0 Å². The van der Waals surface area contributed by atoms with Gasteiger partial charge in [0, 0.05) is 11.8 Å². The third kappa shape index (κ3) is 1.07. The molecule has 3 rings (SSSR count). The molecule has 0 aromatic rings. The highest BCUT2D eigenvalue weighted by Crippen LogP contribution is 2.37. The van der Waals surface area contributed by atoms with E-state index in [-0.39, 0.29) is 0 Å². The molecule has 0 nitrogen and oxygen atoms in total. The highest BCUT2D eigenvalue weighted by atomic mass is 14.3. The molecule has 3 aliphatic carbocycles. The van der Waals surface area contributed by atoms with Crippen molar-refractivity contribution in [3.05, 3.63) is 71.9 Å². The van der Waals surface area contributed by atoms with Crippen molar-refractivity contribution in [1.82, 2.24) is 0 Å². The number of rotatable bonds is 0. The van der Waals surface area contributed by atoms with Crippen LogP contribution in [0, 0.1) is 11.8 Å². The summed E-state index contributed by atoms with van der Waals surface area (Å²) in [5, 5.41) is 0. The molecule has 0 radical (unpaired) electrons. The predicted octanol–water partition coefficient (Wildman–Crippen LogP) is 3.34. The van der Waals surface area contributed by atoms with E-state index >= 15 is 0 Å². The number of allylic oxidation sites excluding steroid dienone is 12. The summed E-state index contributed by atoms with van der Waals surface area (Å²) in [5.74, 6) is 1.11. The Balaban J connectivity index is 2.08. The molecule has 68 valence electrons. The molecule has 3 aliphatic rings. The Hall–Kier alpha value is -1.56. The van der Waals surface area contributed by atoms with Crippen LogP contribution in [0.4, 0.5) is 0 Å². The van der Waals surface area contributed by atoms with Crippen molar-refractivity contribution >= 4 is 0 Å². The third-order valence-electron chi connectivity index (χ3n) is 3.06. The SMILES string of the molecule is C1=CC2=CC=C3C=CC=C[C@H]3[C@@H]2C=C1. The van der Waals surface area contributed by atoms with Crippen LogP contribution in [-0.2, 0) is 0 Å². The second-order valence-corrected chi connectivity index (χ2v) is 3.87. The zero-order chi connectivity index (χ0) is 9.38. The van der Waals surface area contributed by atoms with E-state index in [0.29, 0.717) is 11.8 Å². The van der Waals surface area contributed by atoms with E-state index in [2.05, 4.69) is 60.8 Å². The molecule has 0 aliphatic heterocycles. The molecule has 2 atom stereocenters. The van der Waals surface area contributed by atoms with Gasteiger partial charge in [0.15, 0.2) is 0 Å². The number of fused-ring (bicyclic) bond motifs is 3. The fourth-order valence-corrected chi connectivity index (χ4v) is 2.33. The quantitative estimate of drug-likeness (QED) is 0.536. The fourth-order valence-electron chi connectivity index (χ4n) is 2.33. The van der Waals surface area contributed by atoms with E-state index in [1.54, 1.807) is 0 Å². The van der Waals surface area contributed by atoms with Gasteiger partial charge in [-0.2, -0.15) is 0 Å². The van der Waals surface area contributed by atoms with Gasteiger partial charge in [0.2, 0.25) is 0 Å². The summed E-state index contributed by atoms with van der Waals surface area (Å²) in [6.07, 6.45) is 22.0. The largest absolute Gasteiger partial charge is 0.0761 e. The Labute approximate surface area is 84.3 Å². The van der Waals surface area contributed by atoms with Gasteiger partial charge in [0.25, 0.3) is 0 Å². The standard InChI is InChI=1S/C14H12/c1-3-7-13-11(5-1)9-10-12-6-2-4-8-14(12)13/h1-10,13-14H/t13-,14-/m1/s1. The zero-order valence-electron chi connectivity index (χ0n) is 7.93. The second-order valence-electron chi connectivity index (χ2n) is 3.87. The summed E-state index contributed by atoms with van der Waals surface area (Å²) in [6.45, 7) is 0. The monoisotopic (exact) mass is 180 g/mol. The van der Waals surface area contributed by atoms with Crippen molar-refractivity contribution in [1.29, 1.82) is 0 Å². The second kappa shape index (κ2) is 2.98. The average Bonchev–Trinajstić information content (AvgIpc) is 2.29. The van der Waals surface area contributed by atoms with Crippen LogP contribution < -0.4 is 0 Å². The normalized spacial score (nSPS) is 32.0. The maximum Gasteiger partial charge on any atom is 0.0125 e. The average molecular weight is 180 g/mol. The summed E-state index contributed by atoms with van der Waals surface area (Å²) in [7, 11) is 0. The van der Waals surface area contributed by atoms with Gasteiger partial charge in [-0.25, -0.2) is 0 Å². The van der Waals surface area contributed by atoms with Crippen molar-refractivity contribution in [2.75, 3.05) is 0 Å². The van der Waals surface area contributed by atoms with Gasteiger partial charge >= 0.3 is 0 Å². The van der Waals surface area contributed by atoms with Gasteiger partial charge in [0.1, 0.15) is 0 Å². The van der Waals surface area contributed by atoms with Crippen LogP contribution in [0.3, 0.4) is 0 Å². The first-order valence-electron chi connectivity index (χ1n) is 5.07. The molecule has 14 heavy (non-hydrogen) atoms. The van der Waals surface area contributed by atoms with Crippen LogP contribution in [0.25, 0.3) is 0 Å². The molecule has 0 bridgehead atoms. The minimum atomic E-state index is 0.557. The van der Waals surface area contributed by atoms with Crippen LogP contribution in [-0.4, -0.2) is 0 Å². The summed E-state index contributed by atoms with van der Waals surface area (Å²) in [5.41, 5.74) is 2.86. The van der Waals surface area contributed by atoms with Crippen molar-refractivity contribution in [2.24, 2.45) is 11.8 Å². The van der Waals surface area contributed by atoms with Crippen LogP contribution in [0.2, 0.25) is 0 Å². The van der Waals surface area contributed by atoms with Gasteiger partial charge in [-0.3, -0.25) is 0 Å². The lowest BCUT2D eigenvalue weighted by Crippen LogP contribution is -2.19. The van der Waals surface area contributed by atoms with Crippen molar-refractivity contribution in [3.63, 3.8) is 0 Å². The van der Waals surface area contributed by atoms with Crippen LogP contribution >= 0.6 is 0 Å². The molecule has 0 aromatic heterocycles. The molecule has 0 fully saturated rings. The van der Waals surface area contributed by atoms with Gasteiger partial charge in [0.05, 0.1) is 0 Å². The minimum absolute atomic E-state index is 0.557. The molecule has 0 saturated heterocycles. The smallest absolute Gasteiger partial charge is 0.0125 e. The molecular weight excluding hydrogens is 168 g/mol. The lowest BCUT2D eigenvalue weighted by atomic mass is 9.74. The van der Waals surface area contributed by atoms with Gasteiger partial charge in [-0.15, -0.1) is 0 Å². The molecule has 0 spiro atoms. The van der Waals surface area contributed by atoms with Crippen LogP contribution in [0.5, 0.6) is 0 Å². The summed E-state index contributed by atoms with van der Waals surface area (Å²) >= 11 is 0. The molecule has 0 saturated carbocycles. The summed E-state index contributed by atoms with van der Waals surface area (Å²) in [4.78, 5) is 0. The van der Waals surface area contributed by atoms with Crippen molar-refractivity contribution in [3.8, 4) is 0 Å². The Morgan fingerprint density at radius 3 is 1.64 bits per heavy atom. The predicted molar refractivity (Wildman–Crippen MR) is 59.7 cm³/mol. The van der Waals surface area contributed by atoms with Crippen LogP contribution in [0.15, 0.2) is 71.9 Å². The molecular formula is C14H12. The Bertz CT molecular complexity index is 383. The molecule has 0 N–H and O–H groups in total. The molecule has 0 heterocycles. The van der Waals surface area contributed by atoms with E-state index in [9.17, 15) is 0 Å². The van der Waals surface area contributed by atoms with Gasteiger partial charge < -0.3 is 0 Å². The maximum atomic E-state index is 2.30. The molecule has 0 aromatic carbocycles. The van der Waals surface area contributed by atoms with Crippen molar-refractivity contribution in [2.45, 2.75) is 0 Å². The topological polar surface area (TPSA) is 0 Å². The Morgan fingerprint density at radius 2 is 1.14 bits per heavy atom. The summed E-state index contributed by atoms with van der Waals surface area (Å²) in [6, 6.07) is 0. The Kier molecular flexibility index (Phi) is 1.66. The van der Waals surface area contributed by atoms with Crippen LogP contribution in [0.1, 0.15) is 0 Å². The molecule has 0 heteroatoms. The third-order valence-corrected chi connectivity index (χ3v) is 3.06. The number of hydrogen-bond donors (Lipinski definition) is 0. The highest BCUT2D eigenvalue weighted by Gasteiger charge is 2.26. The van der Waals surface area contributed by atoms with E-state index in [1.807, 2.05) is 0 Å². The lowest BCUT2D eigenvalue weighted by molar-refractivity contribution is 0.615. The molecule has 0 amide bonds. The van der Waals surface area contributed by atoms with Gasteiger partial charge in [-0.05, 0) is 11.1 Å². The zero-order valence-corrected chi connectivity index (χ0v) is 7.93. The lowest BCUT2D eigenvalue weighted by Gasteiger charge is -2.30. The highest BCUT2D eigenvalue weighted by molar-refractivity contribution is 5.48. The minimum Gasteiger partial charge on any atom is -0.0761 e. The number of hydrogen-bond acceptors (Lipinski definition) is 0. The van der Waals surface area contributed by atoms with E-state index in [4.69, 9.17) is 0 Å².